The monoisotopic (exact) mass is 417 g/mol. The molecule has 0 bridgehead atoms. The second-order valence-corrected chi connectivity index (χ2v) is 8.48. The molecule has 0 saturated heterocycles. The molecule has 2 aromatic carbocycles. The first-order valence-electron chi connectivity index (χ1n) is 8.52. The lowest BCUT2D eigenvalue weighted by atomic mass is 10.0. The molecule has 0 fully saturated rings. The first-order chi connectivity index (χ1) is 13.2. The number of sulfonamides is 1. The number of aryl methyl sites for hydroxylation is 2. The van der Waals surface area contributed by atoms with Crippen LogP contribution in [0.3, 0.4) is 0 Å². The number of hydrogen-bond donors (Lipinski definition) is 3. The molecule has 0 aliphatic heterocycles. The number of benzene rings is 2. The Morgan fingerprint density at radius 2 is 1.89 bits per heavy atom. The van der Waals surface area contributed by atoms with E-state index in [9.17, 15) is 13.2 Å². The highest BCUT2D eigenvalue weighted by Gasteiger charge is 2.20. The van der Waals surface area contributed by atoms with Crippen LogP contribution in [0.1, 0.15) is 16.8 Å². The van der Waals surface area contributed by atoms with Crippen LogP contribution in [-0.4, -0.2) is 19.3 Å². The maximum absolute atomic E-state index is 12.4. The predicted octanol–water partition coefficient (Wildman–Crippen LogP) is 3.78. The van der Waals surface area contributed by atoms with E-state index in [1.165, 1.54) is 6.07 Å². The molecule has 0 aliphatic rings. The Morgan fingerprint density at radius 1 is 1.18 bits per heavy atom. The molecule has 0 spiro atoms. The van der Waals surface area contributed by atoms with Crippen molar-refractivity contribution in [2.24, 2.45) is 5.14 Å². The molecule has 1 amide bonds. The van der Waals surface area contributed by atoms with E-state index < -0.39 is 10.0 Å². The van der Waals surface area contributed by atoms with Gasteiger partial charge in [0.1, 0.15) is 0 Å². The lowest BCUT2D eigenvalue weighted by Gasteiger charge is -2.13. The zero-order chi connectivity index (χ0) is 20.5. The van der Waals surface area contributed by atoms with Gasteiger partial charge in [-0.15, -0.1) is 0 Å². The van der Waals surface area contributed by atoms with Gasteiger partial charge in [-0.3, -0.25) is 4.79 Å². The largest absolute Gasteiger partial charge is 0.364 e. The maximum Gasteiger partial charge on any atom is 0.238 e. The average Bonchev–Trinajstić information content (AvgIpc) is 2.95. The Kier molecular flexibility index (Phi) is 5.60. The fourth-order valence-electron chi connectivity index (χ4n) is 3.13. The maximum atomic E-state index is 12.4. The number of rotatable bonds is 5. The lowest BCUT2D eigenvalue weighted by Crippen LogP contribution is -2.17. The van der Waals surface area contributed by atoms with E-state index in [4.69, 9.17) is 16.7 Å². The summed E-state index contributed by atoms with van der Waals surface area (Å²) in [5, 5.41) is 8.64. The number of carbonyl (C=O) groups is 1. The molecule has 6 nitrogen and oxygen atoms in total. The van der Waals surface area contributed by atoms with Crippen LogP contribution in [0.2, 0.25) is 5.02 Å². The summed E-state index contributed by atoms with van der Waals surface area (Å²) in [5.74, 6) is -0.310. The van der Waals surface area contributed by atoms with E-state index >= 15 is 0 Å². The third-order valence-electron chi connectivity index (χ3n) is 4.42. The number of nitrogens with one attached hydrogen (secondary N) is 2. The van der Waals surface area contributed by atoms with Gasteiger partial charge in [0.25, 0.3) is 0 Å². The smallest absolute Gasteiger partial charge is 0.238 e. The van der Waals surface area contributed by atoms with Gasteiger partial charge in [-0.2, -0.15) is 0 Å². The summed E-state index contributed by atoms with van der Waals surface area (Å²) in [6.45, 7) is 3.74. The highest BCUT2D eigenvalue weighted by atomic mass is 35.5. The summed E-state index contributed by atoms with van der Waals surface area (Å²) in [4.78, 5) is 15.4. The van der Waals surface area contributed by atoms with E-state index in [2.05, 4.69) is 10.3 Å². The number of carbonyl (C=O) groups excluding carboxylic acids is 1. The molecule has 3 aromatic rings. The molecule has 8 heteroatoms. The summed E-state index contributed by atoms with van der Waals surface area (Å²) >= 11 is 6.09. The molecule has 146 valence electrons. The molecule has 0 aliphatic carbocycles. The molecule has 0 radical (unpaired) electrons. The van der Waals surface area contributed by atoms with Gasteiger partial charge < -0.3 is 10.3 Å². The Bertz CT molecular complexity index is 1130. The van der Waals surface area contributed by atoms with E-state index in [1.54, 1.807) is 42.6 Å². The number of hydrogen-bond acceptors (Lipinski definition) is 3. The molecule has 1 heterocycles. The normalized spacial score (nSPS) is 11.4. The number of nitrogens with two attached hydrogens (primary N) is 1. The van der Waals surface area contributed by atoms with Crippen molar-refractivity contribution in [2.75, 3.05) is 5.32 Å². The number of anilines is 1. The van der Waals surface area contributed by atoms with Gasteiger partial charge in [0, 0.05) is 33.7 Å². The molecular weight excluding hydrogens is 398 g/mol. The highest BCUT2D eigenvalue weighted by Crippen LogP contribution is 2.33. The number of amides is 1. The summed E-state index contributed by atoms with van der Waals surface area (Å²) in [6, 6.07) is 11.7. The van der Waals surface area contributed by atoms with Gasteiger partial charge in [0.2, 0.25) is 15.9 Å². The zero-order valence-corrected chi connectivity index (χ0v) is 17.0. The van der Waals surface area contributed by atoms with Crippen LogP contribution >= 0.6 is 11.6 Å². The Balaban J connectivity index is 1.94. The van der Waals surface area contributed by atoms with Crippen molar-refractivity contribution in [3.05, 3.63) is 70.5 Å². The van der Waals surface area contributed by atoms with Crippen molar-refractivity contribution in [3.8, 4) is 11.1 Å². The fraction of sp³-hybridized carbons (Fsp3) is 0.150. The van der Waals surface area contributed by atoms with Gasteiger partial charge in [0.05, 0.1) is 11.3 Å². The Morgan fingerprint density at radius 3 is 2.50 bits per heavy atom. The van der Waals surface area contributed by atoms with Crippen LogP contribution in [0.5, 0.6) is 0 Å². The predicted molar refractivity (Wildman–Crippen MR) is 111 cm³/mol. The van der Waals surface area contributed by atoms with E-state index in [-0.39, 0.29) is 17.2 Å². The molecule has 0 atom stereocenters. The summed E-state index contributed by atoms with van der Waals surface area (Å²) in [6.07, 6.45) is 1.87. The number of H-pyrrole nitrogens is 1. The molecular formula is C20H20ClN3O3S. The van der Waals surface area contributed by atoms with E-state index in [0.717, 1.165) is 16.8 Å². The first-order valence-corrected chi connectivity index (χ1v) is 10.4. The van der Waals surface area contributed by atoms with Crippen molar-refractivity contribution in [3.63, 3.8) is 0 Å². The summed E-state index contributed by atoms with van der Waals surface area (Å²) in [7, 11) is -4.00. The van der Waals surface area contributed by atoms with Crippen LogP contribution in [-0.2, 0) is 21.2 Å². The molecule has 0 saturated carbocycles. The SMILES string of the molecule is Cc1c[nH]c(C)c1-c1ccc(NC(=O)Cc2ccccc2Cl)cc1S(N)(=O)=O. The van der Waals surface area contributed by atoms with Gasteiger partial charge in [-0.05, 0) is 43.2 Å². The molecule has 28 heavy (non-hydrogen) atoms. The Hall–Kier alpha value is -2.61. The van der Waals surface area contributed by atoms with Crippen molar-refractivity contribution in [1.29, 1.82) is 0 Å². The molecule has 0 unspecified atom stereocenters. The van der Waals surface area contributed by atoms with Gasteiger partial charge in [-0.1, -0.05) is 35.9 Å². The van der Waals surface area contributed by atoms with Crippen molar-refractivity contribution < 1.29 is 13.2 Å². The average molecular weight is 418 g/mol. The minimum Gasteiger partial charge on any atom is -0.364 e. The standard InChI is InChI=1S/C20H20ClN3O3S/c1-12-11-23-13(2)20(12)16-8-7-15(10-18(16)28(22,26)27)24-19(25)9-14-5-3-4-6-17(14)21/h3-8,10-11,23H,9H2,1-2H3,(H,24,25)(H2,22,26,27). The van der Waals surface area contributed by atoms with Crippen LogP contribution in [0.4, 0.5) is 5.69 Å². The minimum absolute atomic E-state index is 0.0474. The molecule has 4 N–H and O–H groups in total. The van der Waals surface area contributed by atoms with E-state index in [1.807, 2.05) is 13.8 Å². The van der Waals surface area contributed by atoms with Crippen molar-refractivity contribution in [2.45, 2.75) is 25.2 Å². The first kappa shape index (κ1) is 20.1. The summed E-state index contributed by atoms with van der Waals surface area (Å²) in [5.41, 5.74) is 4.02. The second-order valence-electron chi connectivity index (χ2n) is 6.54. The molecule has 3 rings (SSSR count). The van der Waals surface area contributed by atoms with Crippen molar-refractivity contribution in [1.82, 2.24) is 4.98 Å². The van der Waals surface area contributed by atoms with Crippen molar-refractivity contribution >= 4 is 33.2 Å². The number of aromatic nitrogens is 1. The fourth-order valence-corrected chi connectivity index (χ4v) is 4.10. The number of aromatic amines is 1. The van der Waals surface area contributed by atoms with Crippen LogP contribution in [0.25, 0.3) is 11.1 Å². The topological polar surface area (TPSA) is 105 Å². The van der Waals surface area contributed by atoms with E-state index in [0.29, 0.717) is 21.8 Å². The third kappa shape index (κ3) is 4.27. The Labute approximate surface area is 168 Å². The van der Waals surface area contributed by atoms with Crippen LogP contribution < -0.4 is 10.5 Å². The van der Waals surface area contributed by atoms with Crippen LogP contribution in [0.15, 0.2) is 53.6 Å². The van der Waals surface area contributed by atoms with Gasteiger partial charge >= 0.3 is 0 Å². The van der Waals surface area contributed by atoms with Gasteiger partial charge in [0.15, 0.2) is 0 Å². The number of primary sulfonamides is 1. The second kappa shape index (κ2) is 7.79. The number of halogens is 1. The van der Waals surface area contributed by atoms with Gasteiger partial charge in [-0.25, -0.2) is 13.6 Å². The minimum atomic E-state index is -4.00. The summed E-state index contributed by atoms with van der Waals surface area (Å²) < 4.78 is 24.4. The zero-order valence-electron chi connectivity index (χ0n) is 15.4. The third-order valence-corrected chi connectivity index (χ3v) is 5.74. The highest BCUT2D eigenvalue weighted by molar-refractivity contribution is 7.89. The van der Waals surface area contributed by atoms with Crippen LogP contribution in [0, 0.1) is 13.8 Å². The quantitative estimate of drug-likeness (QED) is 0.588. The lowest BCUT2D eigenvalue weighted by molar-refractivity contribution is -0.115. The molecule has 1 aromatic heterocycles.